The molecule has 0 bridgehead atoms. The molecule has 4 nitrogen and oxygen atoms in total. The lowest BCUT2D eigenvalue weighted by Crippen LogP contribution is -2.03. The maximum atomic E-state index is 13.7. The van der Waals surface area contributed by atoms with Crippen molar-refractivity contribution in [3.05, 3.63) is 70.4 Å². The number of nitrogens with zero attached hydrogens (tertiary/aromatic N) is 2. The number of aromatic nitrogens is 2. The first-order valence-corrected chi connectivity index (χ1v) is 7.29. The van der Waals surface area contributed by atoms with Crippen LogP contribution in [0.2, 0.25) is 5.02 Å². The van der Waals surface area contributed by atoms with Crippen LogP contribution >= 0.6 is 11.6 Å². The average Bonchev–Trinajstić information content (AvgIpc) is 2.94. The molecule has 0 fully saturated rings. The summed E-state index contributed by atoms with van der Waals surface area (Å²) in [4.78, 5) is 11.2. The highest BCUT2D eigenvalue weighted by molar-refractivity contribution is 6.30. The first kappa shape index (κ1) is 16.1. The fourth-order valence-electron chi connectivity index (χ4n) is 2.39. The standard InChI is InChI=1S/C17H11ClF2N2O2/c1-9-4-10(6-11(19)5-9)16-8-15(17(23)24)21-22(16)12-2-3-14(20)13(18)7-12/h2-8H,1H3,(H,23,24). The summed E-state index contributed by atoms with van der Waals surface area (Å²) in [6.07, 6.45) is 0. The van der Waals surface area contributed by atoms with Gasteiger partial charge in [0.05, 0.1) is 16.4 Å². The number of halogens is 3. The quantitative estimate of drug-likeness (QED) is 0.759. The van der Waals surface area contributed by atoms with Crippen molar-refractivity contribution < 1.29 is 18.7 Å². The summed E-state index contributed by atoms with van der Waals surface area (Å²) < 4.78 is 28.4. The molecule has 0 amide bonds. The zero-order chi connectivity index (χ0) is 17.4. The molecule has 1 N–H and O–H groups in total. The third-order valence-electron chi connectivity index (χ3n) is 3.41. The number of carboxylic acid groups (broad SMARTS) is 1. The lowest BCUT2D eigenvalue weighted by molar-refractivity contribution is 0.0690. The van der Waals surface area contributed by atoms with Gasteiger partial charge in [-0.2, -0.15) is 5.10 Å². The molecule has 0 spiro atoms. The van der Waals surface area contributed by atoms with E-state index in [0.29, 0.717) is 22.5 Å². The van der Waals surface area contributed by atoms with Crippen LogP contribution in [0.25, 0.3) is 16.9 Å². The molecule has 0 aliphatic rings. The second-order valence-corrected chi connectivity index (χ2v) is 5.65. The molecule has 0 aliphatic carbocycles. The maximum absolute atomic E-state index is 13.7. The first-order chi connectivity index (χ1) is 11.3. The molecule has 3 aromatic rings. The first-order valence-electron chi connectivity index (χ1n) is 6.91. The monoisotopic (exact) mass is 348 g/mol. The molecular weight excluding hydrogens is 338 g/mol. The number of aryl methyl sites for hydroxylation is 1. The van der Waals surface area contributed by atoms with Gasteiger partial charge in [-0.05, 0) is 55.0 Å². The Morgan fingerprint density at radius 3 is 2.54 bits per heavy atom. The highest BCUT2D eigenvalue weighted by Gasteiger charge is 2.17. The summed E-state index contributed by atoms with van der Waals surface area (Å²) in [6.45, 7) is 1.72. The Bertz CT molecular complexity index is 934. The van der Waals surface area contributed by atoms with E-state index in [0.717, 1.165) is 6.07 Å². The Morgan fingerprint density at radius 2 is 1.92 bits per heavy atom. The van der Waals surface area contributed by atoms with Gasteiger partial charge in [0.1, 0.15) is 11.6 Å². The molecule has 122 valence electrons. The molecule has 1 aromatic heterocycles. The van der Waals surface area contributed by atoms with Gasteiger partial charge in [0.25, 0.3) is 0 Å². The number of benzene rings is 2. The zero-order valence-electron chi connectivity index (χ0n) is 12.4. The lowest BCUT2D eigenvalue weighted by atomic mass is 10.1. The van der Waals surface area contributed by atoms with Crippen molar-refractivity contribution in [2.45, 2.75) is 6.92 Å². The van der Waals surface area contributed by atoms with E-state index in [1.165, 1.54) is 35.0 Å². The van der Waals surface area contributed by atoms with Gasteiger partial charge in [0.2, 0.25) is 0 Å². The van der Waals surface area contributed by atoms with Gasteiger partial charge in [0, 0.05) is 5.56 Å². The number of rotatable bonds is 3. The Balaban J connectivity index is 2.24. The van der Waals surface area contributed by atoms with Crippen molar-refractivity contribution in [2.24, 2.45) is 0 Å². The van der Waals surface area contributed by atoms with Crippen LogP contribution in [0.15, 0.2) is 42.5 Å². The lowest BCUT2D eigenvalue weighted by Gasteiger charge is -2.09. The van der Waals surface area contributed by atoms with Crippen LogP contribution in [-0.4, -0.2) is 20.9 Å². The predicted octanol–water partition coefficient (Wildman–Crippen LogP) is 4.48. The van der Waals surface area contributed by atoms with E-state index < -0.39 is 17.6 Å². The molecule has 2 aromatic carbocycles. The minimum atomic E-state index is -1.23. The number of aromatic carboxylic acids is 1. The minimum Gasteiger partial charge on any atom is -0.476 e. The second kappa shape index (κ2) is 6.05. The van der Waals surface area contributed by atoms with E-state index in [2.05, 4.69) is 5.10 Å². The highest BCUT2D eigenvalue weighted by atomic mass is 35.5. The van der Waals surface area contributed by atoms with Gasteiger partial charge in [-0.3, -0.25) is 0 Å². The molecular formula is C17H11ClF2N2O2. The van der Waals surface area contributed by atoms with E-state index in [4.69, 9.17) is 11.6 Å². The van der Waals surface area contributed by atoms with E-state index >= 15 is 0 Å². The summed E-state index contributed by atoms with van der Waals surface area (Å²) in [6, 6.07) is 9.55. The van der Waals surface area contributed by atoms with Gasteiger partial charge in [-0.15, -0.1) is 0 Å². The summed E-state index contributed by atoms with van der Waals surface area (Å²) >= 11 is 5.79. The number of hydrogen-bond acceptors (Lipinski definition) is 2. The summed E-state index contributed by atoms with van der Waals surface area (Å²) in [7, 11) is 0. The predicted molar refractivity (Wildman–Crippen MR) is 85.6 cm³/mol. The van der Waals surface area contributed by atoms with Crippen LogP contribution < -0.4 is 0 Å². The van der Waals surface area contributed by atoms with Crippen LogP contribution in [0.1, 0.15) is 16.1 Å². The van der Waals surface area contributed by atoms with Crippen molar-refractivity contribution in [1.82, 2.24) is 9.78 Å². The number of hydrogen-bond donors (Lipinski definition) is 1. The van der Waals surface area contributed by atoms with Gasteiger partial charge in [-0.1, -0.05) is 11.6 Å². The van der Waals surface area contributed by atoms with Crippen molar-refractivity contribution in [3.63, 3.8) is 0 Å². The van der Waals surface area contributed by atoms with Crippen LogP contribution in [-0.2, 0) is 0 Å². The topological polar surface area (TPSA) is 55.1 Å². The zero-order valence-corrected chi connectivity index (χ0v) is 13.2. The summed E-state index contributed by atoms with van der Waals surface area (Å²) in [5, 5.41) is 13.1. The van der Waals surface area contributed by atoms with Crippen LogP contribution in [0.3, 0.4) is 0 Å². The molecule has 0 atom stereocenters. The fourth-order valence-corrected chi connectivity index (χ4v) is 2.56. The Labute approximate surface area is 140 Å². The van der Waals surface area contributed by atoms with Crippen LogP contribution in [0.4, 0.5) is 8.78 Å². The van der Waals surface area contributed by atoms with Crippen molar-refractivity contribution in [2.75, 3.05) is 0 Å². The van der Waals surface area contributed by atoms with E-state index in [-0.39, 0.29) is 10.7 Å². The Hall–Kier alpha value is -2.73. The number of carboxylic acids is 1. The molecule has 0 unspecified atom stereocenters. The van der Waals surface area contributed by atoms with Crippen molar-refractivity contribution in [3.8, 4) is 16.9 Å². The molecule has 1 heterocycles. The van der Waals surface area contributed by atoms with Gasteiger partial charge in [-0.25, -0.2) is 18.3 Å². The van der Waals surface area contributed by atoms with Crippen LogP contribution in [0, 0.1) is 18.6 Å². The largest absolute Gasteiger partial charge is 0.476 e. The smallest absolute Gasteiger partial charge is 0.356 e. The minimum absolute atomic E-state index is 0.124. The number of carbonyl (C=O) groups is 1. The van der Waals surface area contributed by atoms with Crippen molar-refractivity contribution >= 4 is 17.6 Å². The van der Waals surface area contributed by atoms with Crippen molar-refractivity contribution in [1.29, 1.82) is 0 Å². The molecule has 0 aliphatic heterocycles. The SMILES string of the molecule is Cc1cc(F)cc(-c2cc(C(=O)O)nn2-c2ccc(F)c(Cl)c2)c1. The summed E-state index contributed by atoms with van der Waals surface area (Å²) in [5.41, 5.74) is 1.63. The second-order valence-electron chi connectivity index (χ2n) is 5.25. The molecule has 7 heteroatoms. The van der Waals surface area contributed by atoms with E-state index in [9.17, 15) is 18.7 Å². The molecule has 0 radical (unpaired) electrons. The average molecular weight is 349 g/mol. The highest BCUT2D eigenvalue weighted by Crippen LogP contribution is 2.27. The normalized spacial score (nSPS) is 10.8. The third-order valence-corrected chi connectivity index (χ3v) is 3.70. The maximum Gasteiger partial charge on any atom is 0.356 e. The van der Waals surface area contributed by atoms with Gasteiger partial charge >= 0.3 is 5.97 Å². The Kier molecular flexibility index (Phi) is 4.07. The third kappa shape index (κ3) is 3.00. The van der Waals surface area contributed by atoms with Gasteiger partial charge < -0.3 is 5.11 Å². The molecule has 3 rings (SSSR count). The van der Waals surface area contributed by atoms with E-state index in [1.54, 1.807) is 13.0 Å². The Morgan fingerprint density at radius 1 is 1.17 bits per heavy atom. The van der Waals surface area contributed by atoms with Crippen LogP contribution in [0.5, 0.6) is 0 Å². The van der Waals surface area contributed by atoms with Gasteiger partial charge in [0.15, 0.2) is 5.69 Å². The fraction of sp³-hybridized carbons (Fsp3) is 0.0588. The molecule has 0 saturated carbocycles. The molecule has 0 saturated heterocycles. The van der Waals surface area contributed by atoms with E-state index in [1.807, 2.05) is 0 Å². The summed E-state index contributed by atoms with van der Waals surface area (Å²) in [5.74, 6) is -2.28. The molecule has 24 heavy (non-hydrogen) atoms.